The average Bonchev–Trinajstić information content (AvgIpc) is 3.13. The van der Waals surface area contributed by atoms with E-state index in [1.165, 1.54) is 0 Å². The van der Waals surface area contributed by atoms with Crippen LogP contribution in [0.2, 0.25) is 0 Å². The molecule has 4 aromatic rings. The molecule has 15 heteroatoms. The van der Waals surface area contributed by atoms with E-state index in [0.29, 0.717) is 12.1 Å². The first kappa shape index (κ1) is 44.6. The van der Waals surface area contributed by atoms with Crippen molar-refractivity contribution in [1.82, 2.24) is 5.32 Å². The Morgan fingerprint density at radius 3 is 1.61 bits per heavy atom. The summed E-state index contributed by atoms with van der Waals surface area (Å²) in [5.41, 5.74) is -3.76. The predicted molar refractivity (Wildman–Crippen MR) is 206 cm³/mol. The summed E-state index contributed by atoms with van der Waals surface area (Å²) in [6.45, 7) is 9.59. The average molecular weight is 813 g/mol. The van der Waals surface area contributed by atoms with Gasteiger partial charge in [0.1, 0.15) is 22.8 Å². The second-order valence-electron chi connectivity index (χ2n) is 15.4. The molecule has 0 aliphatic carbocycles. The number of hydrogen-bond acceptors (Lipinski definition) is 10. The summed E-state index contributed by atoms with van der Waals surface area (Å²) in [6, 6.07) is 28.4. The summed E-state index contributed by atoms with van der Waals surface area (Å²) >= 11 is 0. The highest BCUT2D eigenvalue weighted by molar-refractivity contribution is 7.86. The third-order valence-electron chi connectivity index (χ3n) is 8.66. The lowest BCUT2D eigenvalue weighted by Gasteiger charge is -2.40. The normalized spacial score (nSPS) is 13.7. The third-order valence-corrected chi connectivity index (χ3v) is 9.97. The molecule has 4 rings (SSSR count). The lowest BCUT2D eigenvalue weighted by Crippen LogP contribution is -2.54. The molecule has 0 fully saturated rings. The van der Waals surface area contributed by atoms with E-state index in [2.05, 4.69) is 5.32 Å². The zero-order chi connectivity index (χ0) is 42.2. The molecule has 0 aliphatic rings. The van der Waals surface area contributed by atoms with Gasteiger partial charge in [-0.25, -0.2) is 0 Å². The number of benzene rings is 4. The fourth-order valence-electron chi connectivity index (χ4n) is 6.29. The maximum absolute atomic E-state index is 14.3. The van der Waals surface area contributed by atoms with Gasteiger partial charge in [-0.1, -0.05) is 91.0 Å². The van der Waals surface area contributed by atoms with E-state index < -0.39 is 84.6 Å². The largest absolute Gasteiger partial charge is 0.460 e. The Kier molecular flexibility index (Phi) is 14.1. The number of alkyl halides is 3. The van der Waals surface area contributed by atoms with Crippen molar-refractivity contribution in [3.05, 3.63) is 142 Å². The fourth-order valence-corrected chi connectivity index (χ4v) is 7.26. The summed E-state index contributed by atoms with van der Waals surface area (Å²) < 4.78 is 83.5. The van der Waals surface area contributed by atoms with Crippen LogP contribution in [0.1, 0.15) is 83.1 Å². The Bertz CT molecular complexity index is 2010. The van der Waals surface area contributed by atoms with Crippen LogP contribution in [0.4, 0.5) is 18.9 Å². The summed E-state index contributed by atoms with van der Waals surface area (Å²) in [7, 11) is -4.83. The number of nitrogens with zero attached hydrogens (tertiary/aromatic N) is 1. The zero-order valence-corrected chi connectivity index (χ0v) is 33.4. The molecule has 0 spiro atoms. The highest BCUT2D eigenvalue weighted by atomic mass is 32.2. The minimum atomic E-state index is -5.22. The topological polar surface area (TPSA) is 151 Å². The van der Waals surface area contributed by atoms with Crippen LogP contribution in [0.25, 0.3) is 0 Å². The number of esters is 2. The number of nitro benzene ring substituents is 1. The van der Waals surface area contributed by atoms with Gasteiger partial charge in [0.05, 0.1) is 27.9 Å². The summed E-state index contributed by atoms with van der Waals surface area (Å²) in [5, 5.41) is 14.8. The first-order valence-electron chi connectivity index (χ1n) is 18.2. The van der Waals surface area contributed by atoms with E-state index in [4.69, 9.17) is 13.7 Å². The maximum atomic E-state index is 14.3. The van der Waals surface area contributed by atoms with Crippen LogP contribution in [0.15, 0.2) is 114 Å². The van der Waals surface area contributed by atoms with Gasteiger partial charge in [0.2, 0.25) is 0 Å². The summed E-state index contributed by atoms with van der Waals surface area (Å²) in [4.78, 5) is 37.2. The molecule has 1 N–H and O–H groups in total. The number of nitrogens with one attached hydrogen (secondary N) is 1. The first-order valence-corrected chi connectivity index (χ1v) is 19.6. The Balaban J connectivity index is 1.72. The molecular formula is C42H47F3N2O9S. The fraction of sp³-hybridized carbons (Fsp3) is 0.381. The third kappa shape index (κ3) is 11.9. The summed E-state index contributed by atoms with van der Waals surface area (Å²) in [6.07, 6.45) is -5.59. The van der Waals surface area contributed by atoms with Crippen molar-refractivity contribution in [2.45, 2.75) is 94.7 Å². The minimum Gasteiger partial charge on any atom is -0.460 e. The summed E-state index contributed by atoms with van der Waals surface area (Å²) in [5.74, 6) is -2.40. The highest BCUT2D eigenvalue weighted by Crippen LogP contribution is 2.39. The van der Waals surface area contributed by atoms with Crippen LogP contribution < -0.4 is 5.32 Å². The van der Waals surface area contributed by atoms with Crippen LogP contribution >= 0.6 is 0 Å². The molecule has 57 heavy (non-hydrogen) atoms. The van der Waals surface area contributed by atoms with E-state index in [-0.39, 0.29) is 25.3 Å². The smallest absolute Gasteiger partial charge is 0.423 e. The number of hydrogen-bond donors (Lipinski definition) is 1. The van der Waals surface area contributed by atoms with Gasteiger partial charge in [-0.05, 0) is 89.6 Å². The molecule has 0 radical (unpaired) electrons. The van der Waals surface area contributed by atoms with E-state index in [1.807, 2.05) is 91.0 Å². The van der Waals surface area contributed by atoms with Crippen LogP contribution in [0, 0.1) is 16.0 Å². The van der Waals surface area contributed by atoms with Crippen LogP contribution in [-0.2, 0) is 45.1 Å². The monoisotopic (exact) mass is 812 g/mol. The Hall–Kier alpha value is -5.12. The minimum absolute atomic E-state index is 0.0749. The molecule has 0 amide bonds. The molecule has 4 aromatic carbocycles. The first-order chi connectivity index (χ1) is 26.5. The van der Waals surface area contributed by atoms with Gasteiger partial charge in [0.15, 0.2) is 0 Å². The van der Waals surface area contributed by atoms with E-state index in [0.717, 1.165) is 16.7 Å². The number of carbonyl (C=O) groups is 2. The van der Waals surface area contributed by atoms with E-state index >= 15 is 0 Å². The number of carbonyl (C=O) groups excluding carboxylic acids is 2. The lowest BCUT2D eigenvalue weighted by molar-refractivity contribution is -0.388. The Morgan fingerprint density at radius 1 is 0.737 bits per heavy atom. The van der Waals surface area contributed by atoms with Crippen LogP contribution in [0.3, 0.4) is 0 Å². The standard InChI is InChI=1S/C42H47F3N2O9S/c1-39(2,3)55-37(48)29(17-16-26-54-57(52,53)33-24-25-36(47(50)51)34(28-33)42(43,44)45)27-35(38(49)56-40(4,5)6)46-41(30-18-10-7-11-19-30,31-20-12-8-13-21-31)32-22-14-9-15-23-32/h7-15,18-25,28-29,35,46H,16-17,26-27H2,1-6H3/t29-,35?/m0/s1. The highest BCUT2D eigenvalue weighted by Gasteiger charge is 2.43. The van der Waals surface area contributed by atoms with Crippen molar-refractivity contribution in [3.8, 4) is 0 Å². The number of halogens is 3. The molecule has 0 saturated carbocycles. The van der Waals surface area contributed by atoms with E-state index in [1.54, 1.807) is 41.5 Å². The number of nitro groups is 1. The van der Waals surface area contributed by atoms with Crippen molar-refractivity contribution in [1.29, 1.82) is 0 Å². The van der Waals surface area contributed by atoms with Crippen molar-refractivity contribution in [2.24, 2.45) is 5.92 Å². The second-order valence-corrected chi connectivity index (χ2v) is 17.0. The molecule has 306 valence electrons. The van der Waals surface area contributed by atoms with Gasteiger partial charge in [-0.2, -0.15) is 21.6 Å². The maximum Gasteiger partial charge on any atom is 0.423 e. The molecule has 0 bridgehead atoms. The molecule has 1 unspecified atom stereocenters. The molecule has 0 heterocycles. The molecule has 0 saturated heterocycles. The Morgan fingerprint density at radius 2 is 1.19 bits per heavy atom. The quantitative estimate of drug-likeness (QED) is 0.0291. The lowest BCUT2D eigenvalue weighted by atomic mass is 9.76. The van der Waals surface area contributed by atoms with Crippen molar-refractivity contribution >= 4 is 27.7 Å². The molecule has 0 aliphatic heterocycles. The Labute approximate surface area is 330 Å². The molecular weight excluding hydrogens is 766 g/mol. The van der Waals surface area contributed by atoms with Crippen molar-refractivity contribution in [3.63, 3.8) is 0 Å². The van der Waals surface area contributed by atoms with Gasteiger partial charge in [-0.3, -0.25) is 29.2 Å². The zero-order valence-electron chi connectivity index (χ0n) is 32.5. The van der Waals surface area contributed by atoms with Crippen molar-refractivity contribution < 1.29 is 49.8 Å². The van der Waals surface area contributed by atoms with Gasteiger partial charge >= 0.3 is 18.1 Å². The van der Waals surface area contributed by atoms with Gasteiger partial charge in [0.25, 0.3) is 15.8 Å². The van der Waals surface area contributed by atoms with Crippen molar-refractivity contribution in [2.75, 3.05) is 6.61 Å². The van der Waals surface area contributed by atoms with Gasteiger partial charge in [0, 0.05) is 6.07 Å². The van der Waals surface area contributed by atoms with Crippen LogP contribution in [0.5, 0.6) is 0 Å². The number of ether oxygens (including phenoxy) is 2. The van der Waals surface area contributed by atoms with E-state index in [9.17, 15) is 41.3 Å². The van der Waals surface area contributed by atoms with Gasteiger partial charge in [-0.15, -0.1) is 0 Å². The predicted octanol–water partition coefficient (Wildman–Crippen LogP) is 8.74. The molecule has 11 nitrogen and oxygen atoms in total. The SMILES string of the molecule is CC(C)(C)OC(=O)C(C[C@H](CCCOS(=O)(=O)c1ccc([N+](=O)[O-])c(C(F)(F)F)c1)C(=O)OC(C)(C)C)NC(c1ccccc1)(c1ccccc1)c1ccccc1. The van der Waals surface area contributed by atoms with Crippen LogP contribution in [-0.4, -0.2) is 49.1 Å². The molecule has 2 atom stereocenters. The second kappa shape index (κ2) is 18.0. The number of rotatable bonds is 16. The van der Waals surface area contributed by atoms with Gasteiger partial charge < -0.3 is 9.47 Å². The molecule has 0 aromatic heterocycles.